The third-order valence-electron chi connectivity index (χ3n) is 4.70. The minimum Gasteiger partial charge on any atom is -0.497 e. The summed E-state index contributed by atoms with van der Waals surface area (Å²) in [6.45, 7) is 2.91. The number of fused-ring (bicyclic) bond motifs is 1. The minimum atomic E-state index is 0.00910. The number of carbonyl (C=O) groups is 1. The molecule has 1 amide bonds. The first-order valence-electron chi connectivity index (χ1n) is 8.62. The van der Waals surface area contributed by atoms with Crippen molar-refractivity contribution in [2.45, 2.75) is 19.4 Å². The fourth-order valence-corrected chi connectivity index (χ4v) is 3.26. The number of anilines is 1. The van der Waals surface area contributed by atoms with Crippen LogP contribution in [0.3, 0.4) is 0 Å². The molecule has 0 spiro atoms. The van der Waals surface area contributed by atoms with Gasteiger partial charge in [0.25, 0.3) is 0 Å². The fourth-order valence-electron chi connectivity index (χ4n) is 3.26. The van der Waals surface area contributed by atoms with E-state index in [1.165, 1.54) is 16.0 Å². The summed E-state index contributed by atoms with van der Waals surface area (Å²) in [6.07, 6.45) is 1.58. The Labute approximate surface area is 148 Å². The van der Waals surface area contributed by atoms with Gasteiger partial charge in [-0.05, 0) is 17.7 Å². The Bertz CT molecular complexity index is 745. The largest absolute Gasteiger partial charge is 0.497 e. The predicted octanol–water partition coefficient (Wildman–Crippen LogP) is 1.67. The van der Waals surface area contributed by atoms with Gasteiger partial charge < -0.3 is 19.7 Å². The number of rotatable bonds is 6. The Balaban J connectivity index is 1.54. The van der Waals surface area contributed by atoms with Crippen molar-refractivity contribution in [3.05, 3.63) is 53.6 Å². The van der Waals surface area contributed by atoms with Crippen LogP contribution >= 0.6 is 0 Å². The summed E-state index contributed by atoms with van der Waals surface area (Å²) in [5, 5.41) is 2.94. The standard InChI is InChI=1S/C20H24N2O3/c1-24-17-7-8-18(19(13-17)25-2)21-20(23)10-12-22-11-9-15-5-3-4-6-16(15)14-22/h3-8,13H,9-12,14H2,1-2H3,(H,21,23)/p+1. The lowest BCUT2D eigenvalue weighted by Crippen LogP contribution is -3.11. The van der Waals surface area contributed by atoms with Crippen molar-refractivity contribution in [1.29, 1.82) is 0 Å². The molecule has 2 aromatic rings. The van der Waals surface area contributed by atoms with Gasteiger partial charge in [-0.2, -0.15) is 0 Å². The Morgan fingerprint density at radius 1 is 1.12 bits per heavy atom. The van der Waals surface area contributed by atoms with E-state index >= 15 is 0 Å². The molecule has 0 saturated heterocycles. The maximum absolute atomic E-state index is 12.3. The molecule has 1 aliphatic heterocycles. The van der Waals surface area contributed by atoms with Crippen molar-refractivity contribution in [3.63, 3.8) is 0 Å². The van der Waals surface area contributed by atoms with Gasteiger partial charge >= 0.3 is 0 Å². The summed E-state index contributed by atoms with van der Waals surface area (Å²) in [5.41, 5.74) is 3.52. The van der Waals surface area contributed by atoms with Crippen LogP contribution in [-0.2, 0) is 17.8 Å². The quantitative estimate of drug-likeness (QED) is 0.840. The van der Waals surface area contributed by atoms with E-state index in [9.17, 15) is 4.79 Å². The molecule has 0 bridgehead atoms. The summed E-state index contributed by atoms with van der Waals surface area (Å²) in [7, 11) is 3.19. The van der Waals surface area contributed by atoms with Gasteiger partial charge in [0.1, 0.15) is 18.0 Å². The number of quaternary nitrogens is 1. The van der Waals surface area contributed by atoms with E-state index in [0.29, 0.717) is 23.6 Å². The second-order valence-electron chi connectivity index (χ2n) is 6.31. The second kappa shape index (κ2) is 8.03. The van der Waals surface area contributed by atoms with Gasteiger partial charge in [-0.25, -0.2) is 0 Å². The first-order valence-corrected chi connectivity index (χ1v) is 8.62. The monoisotopic (exact) mass is 341 g/mol. The van der Waals surface area contributed by atoms with Crippen LogP contribution < -0.4 is 19.7 Å². The molecule has 5 nitrogen and oxygen atoms in total. The number of carbonyl (C=O) groups excluding carboxylic acids is 1. The summed E-state index contributed by atoms with van der Waals surface area (Å²) in [4.78, 5) is 13.8. The zero-order chi connectivity index (χ0) is 17.6. The summed E-state index contributed by atoms with van der Waals surface area (Å²) < 4.78 is 10.5. The van der Waals surface area contributed by atoms with Gasteiger partial charge in [-0.3, -0.25) is 4.79 Å². The highest BCUT2D eigenvalue weighted by Crippen LogP contribution is 2.29. The van der Waals surface area contributed by atoms with Gasteiger partial charge in [0, 0.05) is 18.1 Å². The number of hydrogen-bond acceptors (Lipinski definition) is 3. The topological polar surface area (TPSA) is 52.0 Å². The van der Waals surface area contributed by atoms with Crippen molar-refractivity contribution in [1.82, 2.24) is 0 Å². The van der Waals surface area contributed by atoms with Crippen LogP contribution in [-0.4, -0.2) is 33.2 Å². The van der Waals surface area contributed by atoms with Gasteiger partial charge in [-0.1, -0.05) is 24.3 Å². The molecule has 2 aromatic carbocycles. The van der Waals surface area contributed by atoms with Crippen LogP contribution in [0.5, 0.6) is 11.5 Å². The molecule has 132 valence electrons. The Hall–Kier alpha value is -2.53. The molecular weight excluding hydrogens is 316 g/mol. The first-order chi connectivity index (χ1) is 12.2. The van der Waals surface area contributed by atoms with Crippen LogP contribution in [0, 0.1) is 0 Å². The van der Waals surface area contributed by atoms with Crippen molar-refractivity contribution in [3.8, 4) is 11.5 Å². The molecule has 3 rings (SSSR count). The second-order valence-corrected chi connectivity index (χ2v) is 6.31. The Morgan fingerprint density at radius 2 is 1.92 bits per heavy atom. The van der Waals surface area contributed by atoms with E-state index in [-0.39, 0.29) is 5.91 Å². The molecule has 0 aliphatic carbocycles. The Kier molecular flexibility index (Phi) is 5.56. The van der Waals surface area contributed by atoms with Gasteiger partial charge in [0.05, 0.1) is 39.4 Å². The summed E-state index contributed by atoms with van der Waals surface area (Å²) >= 11 is 0. The highest BCUT2D eigenvalue weighted by Gasteiger charge is 2.19. The predicted molar refractivity (Wildman–Crippen MR) is 97.3 cm³/mol. The normalized spacial score (nSPS) is 16.0. The van der Waals surface area contributed by atoms with Crippen LogP contribution in [0.2, 0.25) is 0 Å². The molecule has 1 heterocycles. The van der Waals surface area contributed by atoms with Crippen LogP contribution in [0.4, 0.5) is 5.69 Å². The third-order valence-corrected chi connectivity index (χ3v) is 4.70. The van der Waals surface area contributed by atoms with Crippen LogP contribution in [0.25, 0.3) is 0 Å². The smallest absolute Gasteiger partial charge is 0.230 e. The summed E-state index contributed by atoms with van der Waals surface area (Å²) in [5.74, 6) is 1.31. The number of ether oxygens (including phenoxy) is 2. The maximum Gasteiger partial charge on any atom is 0.230 e. The lowest BCUT2D eigenvalue weighted by molar-refractivity contribution is -0.915. The first kappa shape index (κ1) is 17.3. The van der Waals surface area contributed by atoms with Crippen molar-refractivity contribution in [2.75, 3.05) is 32.6 Å². The number of benzene rings is 2. The average Bonchev–Trinajstić information content (AvgIpc) is 2.66. The number of amides is 1. The molecule has 1 unspecified atom stereocenters. The molecule has 1 atom stereocenters. The van der Waals surface area contributed by atoms with Crippen molar-refractivity contribution < 1.29 is 19.2 Å². The number of methoxy groups -OCH3 is 2. The molecule has 0 saturated carbocycles. The molecule has 0 fully saturated rings. The molecule has 1 aliphatic rings. The van der Waals surface area contributed by atoms with E-state index in [1.807, 2.05) is 6.07 Å². The molecular formula is C20H25N2O3+. The zero-order valence-electron chi connectivity index (χ0n) is 14.8. The zero-order valence-corrected chi connectivity index (χ0v) is 14.8. The number of nitrogens with one attached hydrogen (secondary N) is 2. The van der Waals surface area contributed by atoms with E-state index in [4.69, 9.17) is 9.47 Å². The van der Waals surface area contributed by atoms with Crippen molar-refractivity contribution >= 4 is 11.6 Å². The van der Waals surface area contributed by atoms with E-state index in [0.717, 1.165) is 26.1 Å². The van der Waals surface area contributed by atoms with E-state index < -0.39 is 0 Å². The SMILES string of the molecule is COc1ccc(NC(=O)CC[NH+]2CCc3ccccc3C2)c(OC)c1. The molecule has 0 radical (unpaired) electrons. The van der Waals surface area contributed by atoms with Crippen LogP contribution in [0.15, 0.2) is 42.5 Å². The number of hydrogen-bond donors (Lipinski definition) is 2. The third kappa shape index (κ3) is 4.31. The fraction of sp³-hybridized carbons (Fsp3) is 0.350. The molecule has 25 heavy (non-hydrogen) atoms. The Morgan fingerprint density at radius 3 is 2.68 bits per heavy atom. The highest BCUT2D eigenvalue weighted by molar-refractivity contribution is 5.92. The molecule has 0 aromatic heterocycles. The van der Waals surface area contributed by atoms with E-state index in [1.54, 1.807) is 26.4 Å². The van der Waals surface area contributed by atoms with Crippen LogP contribution in [0.1, 0.15) is 17.5 Å². The van der Waals surface area contributed by atoms with Crippen molar-refractivity contribution in [2.24, 2.45) is 0 Å². The highest BCUT2D eigenvalue weighted by atomic mass is 16.5. The van der Waals surface area contributed by atoms with Gasteiger partial charge in [0.2, 0.25) is 5.91 Å². The lowest BCUT2D eigenvalue weighted by Gasteiger charge is -2.25. The summed E-state index contributed by atoms with van der Waals surface area (Å²) in [6, 6.07) is 14.0. The molecule has 2 N–H and O–H groups in total. The van der Waals surface area contributed by atoms with Gasteiger partial charge in [0.15, 0.2) is 0 Å². The lowest BCUT2D eigenvalue weighted by atomic mass is 10.00. The minimum absolute atomic E-state index is 0.00910. The van der Waals surface area contributed by atoms with Gasteiger partial charge in [-0.15, -0.1) is 0 Å². The molecule has 5 heteroatoms. The van der Waals surface area contributed by atoms with E-state index in [2.05, 4.69) is 29.6 Å². The average molecular weight is 341 g/mol. The maximum atomic E-state index is 12.3.